The van der Waals surface area contributed by atoms with Crippen molar-refractivity contribution in [1.82, 2.24) is 10.2 Å². The van der Waals surface area contributed by atoms with E-state index in [2.05, 4.69) is 5.32 Å². The Bertz CT molecular complexity index is 697. The van der Waals surface area contributed by atoms with E-state index < -0.39 is 11.9 Å². The third kappa shape index (κ3) is 2.45. The van der Waals surface area contributed by atoms with E-state index in [0.717, 1.165) is 5.56 Å². The van der Waals surface area contributed by atoms with Crippen molar-refractivity contribution in [1.29, 1.82) is 0 Å². The Labute approximate surface area is 125 Å². The summed E-state index contributed by atoms with van der Waals surface area (Å²) in [6.45, 7) is -0.0860. The maximum atomic E-state index is 12.2. The van der Waals surface area contributed by atoms with Gasteiger partial charge in [-0.3, -0.25) is 24.5 Å². The highest BCUT2D eigenvalue weighted by Gasteiger charge is 2.32. The number of benzene rings is 1. The second-order valence-corrected chi connectivity index (χ2v) is 5.48. The van der Waals surface area contributed by atoms with Gasteiger partial charge in [-0.25, -0.2) is 0 Å². The molecule has 0 saturated carbocycles. The van der Waals surface area contributed by atoms with Crippen LogP contribution < -0.4 is 5.32 Å². The number of rotatable bonds is 3. The molecule has 1 unspecified atom stereocenters. The molecule has 1 aromatic rings. The fourth-order valence-electron chi connectivity index (χ4n) is 2.90. The topological polar surface area (TPSA) is 104 Å². The van der Waals surface area contributed by atoms with Gasteiger partial charge >= 0.3 is 5.97 Å². The van der Waals surface area contributed by atoms with Crippen LogP contribution in [-0.2, 0) is 20.9 Å². The number of piperidine rings is 1. The molecule has 0 radical (unpaired) electrons. The molecule has 2 heterocycles. The molecule has 7 nitrogen and oxygen atoms in total. The molecule has 1 atom stereocenters. The summed E-state index contributed by atoms with van der Waals surface area (Å²) in [5.74, 6) is -2.50. The molecular formula is C15H14N2O5. The summed E-state index contributed by atoms with van der Waals surface area (Å²) in [4.78, 5) is 47.3. The van der Waals surface area contributed by atoms with Crippen LogP contribution in [0.1, 0.15) is 40.2 Å². The van der Waals surface area contributed by atoms with Gasteiger partial charge in [-0.2, -0.15) is 0 Å². The Kier molecular flexibility index (Phi) is 3.40. The summed E-state index contributed by atoms with van der Waals surface area (Å²) in [7, 11) is 0. The van der Waals surface area contributed by atoms with Crippen molar-refractivity contribution in [2.24, 2.45) is 0 Å². The minimum Gasteiger partial charge on any atom is -0.480 e. The summed E-state index contributed by atoms with van der Waals surface area (Å²) >= 11 is 0. The largest absolute Gasteiger partial charge is 0.480 e. The molecule has 2 aliphatic heterocycles. The SMILES string of the molecule is O=C(O)CN1Cc2ccc(C3CCC(=O)NC3=O)cc2C1=O. The molecule has 1 saturated heterocycles. The predicted octanol–water partition coefficient (Wildman–Crippen LogP) is 0.247. The van der Waals surface area contributed by atoms with Crippen LogP contribution in [-0.4, -0.2) is 40.2 Å². The second-order valence-electron chi connectivity index (χ2n) is 5.48. The molecular weight excluding hydrogens is 288 g/mol. The molecule has 0 aliphatic carbocycles. The number of carbonyl (C=O) groups is 4. The minimum atomic E-state index is -1.06. The first-order chi connectivity index (χ1) is 10.5. The lowest BCUT2D eigenvalue weighted by Gasteiger charge is -2.21. The lowest BCUT2D eigenvalue weighted by molar-refractivity contribution is -0.138. The highest BCUT2D eigenvalue weighted by atomic mass is 16.4. The van der Waals surface area contributed by atoms with Crippen molar-refractivity contribution >= 4 is 23.7 Å². The molecule has 1 aromatic carbocycles. The summed E-state index contributed by atoms with van der Waals surface area (Å²) < 4.78 is 0. The number of nitrogens with zero attached hydrogens (tertiary/aromatic N) is 1. The maximum absolute atomic E-state index is 12.2. The molecule has 3 rings (SSSR count). The van der Waals surface area contributed by atoms with Crippen LogP contribution in [0.2, 0.25) is 0 Å². The van der Waals surface area contributed by atoms with Crippen LogP contribution in [0, 0.1) is 0 Å². The Morgan fingerprint density at radius 2 is 2.09 bits per heavy atom. The zero-order chi connectivity index (χ0) is 15.9. The first-order valence-corrected chi connectivity index (χ1v) is 6.93. The number of amides is 3. The van der Waals surface area contributed by atoms with Gasteiger partial charge < -0.3 is 10.0 Å². The maximum Gasteiger partial charge on any atom is 0.323 e. The van der Waals surface area contributed by atoms with Crippen molar-refractivity contribution in [3.05, 3.63) is 34.9 Å². The number of hydrogen-bond acceptors (Lipinski definition) is 4. The van der Waals surface area contributed by atoms with Crippen LogP contribution in [0.5, 0.6) is 0 Å². The first-order valence-electron chi connectivity index (χ1n) is 6.93. The molecule has 0 aromatic heterocycles. The third-order valence-electron chi connectivity index (χ3n) is 3.98. The molecule has 0 bridgehead atoms. The fraction of sp³-hybridized carbons (Fsp3) is 0.333. The molecule has 7 heteroatoms. The van der Waals surface area contributed by atoms with Gasteiger partial charge in [0.1, 0.15) is 6.54 Å². The second kappa shape index (κ2) is 5.25. The van der Waals surface area contributed by atoms with Crippen molar-refractivity contribution in [2.75, 3.05) is 6.54 Å². The Morgan fingerprint density at radius 1 is 1.32 bits per heavy atom. The highest BCUT2D eigenvalue weighted by Crippen LogP contribution is 2.30. The number of hydrogen-bond donors (Lipinski definition) is 2. The first kappa shape index (κ1) is 14.2. The van der Waals surface area contributed by atoms with Crippen molar-refractivity contribution in [3.8, 4) is 0 Å². The molecule has 1 fully saturated rings. The van der Waals surface area contributed by atoms with Crippen LogP contribution in [0.3, 0.4) is 0 Å². The number of nitrogens with one attached hydrogen (secondary N) is 1. The number of carboxylic acids is 1. The fourth-order valence-corrected chi connectivity index (χ4v) is 2.90. The van der Waals surface area contributed by atoms with Crippen molar-refractivity contribution in [2.45, 2.75) is 25.3 Å². The zero-order valence-corrected chi connectivity index (χ0v) is 11.7. The molecule has 0 spiro atoms. The molecule has 114 valence electrons. The van der Waals surface area contributed by atoms with Gasteiger partial charge in [0, 0.05) is 18.5 Å². The normalized spacial score (nSPS) is 20.8. The van der Waals surface area contributed by atoms with E-state index in [9.17, 15) is 19.2 Å². The number of carbonyl (C=O) groups excluding carboxylic acids is 3. The van der Waals surface area contributed by atoms with Crippen LogP contribution in [0.15, 0.2) is 18.2 Å². The van der Waals surface area contributed by atoms with E-state index in [1.807, 2.05) is 0 Å². The Morgan fingerprint density at radius 3 is 2.77 bits per heavy atom. The standard InChI is InChI=1S/C15H14N2O5/c18-12-4-3-10(14(21)16-12)8-1-2-9-6-17(7-13(19)20)15(22)11(9)5-8/h1-2,5,10H,3-4,6-7H2,(H,19,20)(H,16,18,21). The van der Waals surface area contributed by atoms with Crippen LogP contribution in [0.4, 0.5) is 0 Å². The van der Waals surface area contributed by atoms with Crippen molar-refractivity contribution < 1.29 is 24.3 Å². The summed E-state index contributed by atoms with van der Waals surface area (Å²) in [5, 5.41) is 11.1. The molecule has 2 aliphatic rings. The van der Waals surface area contributed by atoms with Gasteiger partial charge in [0.25, 0.3) is 5.91 Å². The summed E-state index contributed by atoms with van der Waals surface area (Å²) in [5.41, 5.74) is 1.86. The lowest BCUT2D eigenvalue weighted by atomic mass is 9.89. The Hall–Kier alpha value is -2.70. The van der Waals surface area contributed by atoms with E-state index in [1.165, 1.54) is 4.90 Å². The summed E-state index contributed by atoms with van der Waals surface area (Å²) in [6.07, 6.45) is 0.684. The van der Waals surface area contributed by atoms with E-state index in [1.54, 1.807) is 18.2 Å². The van der Waals surface area contributed by atoms with E-state index in [4.69, 9.17) is 5.11 Å². The van der Waals surface area contributed by atoms with Gasteiger partial charge in [-0.15, -0.1) is 0 Å². The monoisotopic (exact) mass is 302 g/mol. The predicted molar refractivity (Wildman–Crippen MR) is 73.9 cm³/mol. The molecule has 2 N–H and O–H groups in total. The Balaban J connectivity index is 1.86. The van der Waals surface area contributed by atoms with Crippen molar-refractivity contribution in [3.63, 3.8) is 0 Å². The summed E-state index contributed by atoms with van der Waals surface area (Å²) in [6, 6.07) is 5.14. The minimum absolute atomic E-state index is 0.260. The molecule has 22 heavy (non-hydrogen) atoms. The van der Waals surface area contributed by atoms with Gasteiger partial charge in [0.15, 0.2) is 0 Å². The quantitative estimate of drug-likeness (QED) is 0.779. The number of carboxylic acid groups (broad SMARTS) is 1. The number of fused-ring (bicyclic) bond motifs is 1. The van der Waals surface area contributed by atoms with Crippen LogP contribution in [0.25, 0.3) is 0 Å². The smallest absolute Gasteiger partial charge is 0.323 e. The van der Waals surface area contributed by atoms with E-state index in [-0.39, 0.29) is 37.2 Å². The van der Waals surface area contributed by atoms with Gasteiger partial charge in [0.2, 0.25) is 11.8 Å². The van der Waals surface area contributed by atoms with Gasteiger partial charge in [-0.1, -0.05) is 12.1 Å². The number of imide groups is 1. The highest BCUT2D eigenvalue weighted by molar-refractivity contribution is 6.02. The lowest BCUT2D eigenvalue weighted by Crippen LogP contribution is -2.39. The average molecular weight is 302 g/mol. The van der Waals surface area contributed by atoms with E-state index >= 15 is 0 Å². The third-order valence-corrected chi connectivity index (χ3v) is 3.98. The number of aliphatic carboxylic acids is 1. The van der Waals surface area contributed by atoms with Gasteiger partial charge in [0.05, 0.1) is 5.92 Å². The van der Waals surface area contributed by atoms with Crippen LogP contribution >= 0.6 is 0 Å². The van der Waals surface area contributed by atoms with E-state index in [0.29, 0.717) is 17.5 Å². The average Bonchev–Trinajstić information content (AvgIpc) is 2.74. The van der Waals surface area contributed by atoms with Gasteiger partial charge in [-0.05, 0) is 23.6 Å². The zero-order valence-electron chi connectivity index (χ0n) is 11.7. The molecule has 3 amide bonds.